The second kappa shape index (κ2) is 7.68. The standard InChI is InChI=1S/C19H25N3O4/c1-12(2)8-9-19(4)17(25)22(18(26)21-19)11-16(24)20-15-7-5-6-14(10-15)13(3)23/h5-7,10,12H,8-9,11H2,1-4H3,(H,20,24)(H,21,26)/t19-/m1/s1. The van der Waals surface area contributed by atoms with Crippen LogP contribution in [-0.2, 0) is 9.59 Å². The van der Waals surface area contributed by atoms with Crippen molar-refractivity contribution in [2.75, 3.05) is 11.9 Å². The summed E-state index contributed by atoms with van der Waals surface area (Å²) < 4.78 is 0. The number of nitrogens with zero attached hydrogens (tertiary/aromatic N) is 1. The zero-order chi connectivity index (χ0) is 19.5. The number of carbonyl (C=O) groups excluding carboxylic acids is 4. The highest BCUT2D eigenvalue weighted by Crippen LogP contribution is 2.24. The number of imide groups is 1. The van der Waals surface area contributed by atoms with Gasteiger partial charge in [-0.2, -0.15) is 0 Å². The van der Waals surface area contributed by atoms with E-state index in [1.54, 1.807) is 31.2 Å². The maximum atomic E-state index is 12.6. The van der Waals surface area contributed by atoms with Crippen LogP contribution in [0.4, 0.5) is 10.5 Å². The third kappa shape index (κ3) is 4.47. The molecule has 1 atom stereocenters. The van der Waals surface area contributed by atoms with Crippen molar-refractivity contribution in [3.05, 3.63) is 29.8 Å². The summed E-state index contributed by atoms with van der Waals surface area (Å²) in [5, 5.41) is 5.31. The van der Waals surface area contributed by atoms with Gasteiger partial charge in [-0.05, 0) is 44.7 Å². The average molecular weight is 359 g/mol. The summed E-state index contributed by atoms with van der Waals surface area (Å²) in [4.78, 5) is 49.3. The Bertz CT molecular complexity index is 744. The smallest absolute Gasteiger partial charge is 0.325 e. The summed E-state index contributed by atoms with van der Waals surface area (Å²) in [7, 11) is 0. The molecule has 26 heavy (non-hydrogen) atoms. The van der Waals surface area contributed by atoms with Crippen LogP contribution in [-0.4, -0.2) is 40.6 Å². The van der Waals surface area contributed by atoms with Gasteiger partial charge in [-0.1, -0.05) is 26.0 Å². The van der Waals surface area contributed by atoms with Gasteiger partial charge in [0.15, 0.2) is 5.78 Å². The summed E-state index contributed by atoms with van der Waals surface area (Å²) in [6.45, 7) is 6.85. The topological polar surface area (TPSA) is 95.6 Å². The van der Waals surface area contributed by atoms with Gasteiger partial charge in [-0.15, -0.1) is 0 Å². The van der Waals surface area contributed by atoms with Gasteiger partial charge >= 0.3 is 6.03 Å². The molecule has 1 heterocycles. The van der Waals surface area contributed by atoms with Gasteiger partial charge in [0.1, 0.15) is 12.1 Å². The third-order valence-corrected chi connectivity index (χ3v) is 4.42. The predicted molar refractivity (Wildman–Crippen MR) is 97.8 cm³/mol. The van der Waals surface area contributed by atoms with Crippen molar-refractivity contribution in [2.45, 2.75) is 46.1 Å². The lowest BCUT2D eigenvalue weighted by molar-refractivity contribution is -0.133. The van der Waals surface area contributed by atoms with E-state index in [0.29, 0.717) is 23.6 Å². The number of Topliss-reactive ketones (excluding diaryl/α,β-unsaturated/α-hetero) is 1. The molecule has 2 N–H and O–H groups in total. The quantitative estimate of drug-likeness (QED) is 0.578. The van der Waals surface area contributed by atoms with Gasteiger partial charge in [-0.3, -0.25) is 19.3 Å². The number of urea groups is 1. The van der Waals surface area contributed by atoms with E-state index in [1.807, 2.05) is 13.8 Å². The highest BCUT2D eigenvalue weighted by molar-refractivity contribution is 6.10. The number of ketones is 1. The molecule has 0 unspecified atom stereocenters. The lowest BCUT2D eigenvalue weighted by atomic mass is 9.92. The maximum Gasteiger partial charge on any atom is 0.325 e. The molecule has 7 heteroatoms. The lowest BCUT2D eigenvalue weighted by Gasteiger charge is -2.22. The van der Waals surface area contributed by atoms with E-state index >= 15 is 0 Å². The van der Waals surface area contributed by atoms with E-state index in [2.05, 4.69) is 10.6 Å². The van der Waals surface area contributed by atoms with E-state index in [1.165, 1.54) is 6.92 Å². The fraction of sp³-hybridized carbons (Fsp3) is 0.474. The van der Waals surface area contributed by atoms with E-state index in [4.69, 9.17) is 0 Å². The van der Waals surface area contributed by atoms with Crippen LogP contribution >= 0.6 is 0 Å². The van der Waals surface area contributed by atoms with Crippen molar-refractivity contribution in [1.82, 2.24) is 10.2 Å². The van der Waals surface area contributed by atoms with Crippen LogP contribution in [0.1, 0.15) is 50.9 Å². The molecule has 0 spiro atoms. The summed E-state index contributed by atoms with van der Waals surface area (Å²) >= 11 is 0. The van der Waals surface area contributed by atoms with Crippen molar-refractivity contribution >= 4 is 29.3 Å². The minimum atomic E-state index is -0.976. The predicted octanol–water partition coefficient (Wildman–Crippen LogP) is 2.57. The van der Waals surface area contributed by atoms with Crippen LogP contribution in [0.5, 0.6) is 0 Å². The van der Waals surface area contributed by atoms with Crippen molar-refractivity contribution in [2.24, 2.45) is 5.92 Å². The van der Waals surface area contributed by atoms with Crippen LogP contribution in [0.25, 0.3) is 0 Å². The summed E-state index contributed by atoms with van der Waals surface area (Å²) in [6.07, 6.45) is 1.31. The van der Waals surface area contributed by atoms with Gasteiger partial charge in [0, 0.05) is 11.3 Å². The first-order chi connectivity index (χ1) is 12.1. The normalized spacial score (nSPS) is 19.7. The van der Waals surface area contributed by atoms with Crippen LogP contribution in [0, 0.1) is 5.92 Å². The summed E-state index contributed by atoms with van der Waals surface area (Å²) in [6, 6.07) is 5.94. The summed E-state index contributed by atoms with van der Waals surface area (Å²) in [5.41, 5.74) is -0.0627. The molecule has 1 saturated heterocycles. The Kier molecular flexibility index (Phi) is 5.79. The molecule has 1 aliphatic heterocycles. The molecule has 2 rings (SSSR count). The number of anilines is 1. The first-order valence-electron chi connectivity index (χ1n) is 8.67. The first-order valence-corrected chi connectivity index (χ1v) is 8.67. The minimum absolute atomic E-state index is 0.115. The van der Waals surface area contributed by atoms with Crippen molar-refractivity contribution in [3.8, 4) is 0 Å². The maximum absolute atomic E-state index is 12.6. The van der Waals surface area contributed by atoms with Gasteiger partial charge < -0.3 is 10.6 Å². The molecule has 4 amide bonds. The fourth-order valence-corrected chi connectivity index (χ4v) is 2.80. The van der Waals surface area contributed by atoms with Crippen molar-refractivity contribution in [3.63, 3.8) is 0 Å². The highest BCUT2D eigenvalue weighted by atomic mass is 16.2. The van der Waals surface area contributed by atoms with E-state index in [-0.39, 0.29) is 12.3 Å². The number of hydrogen-bond donors (Lipinski definition) is 2. The molecule has 0 aliphatic carbocycles. The van der Waals surface area contributed by atoms with E-state index in [0.717, 1.165) is 11.3 Å². The monoisotopic (exact) mass is 359 g/mol. The van der Waals surface area contributed by atoms with E-state index in [9.17, 15) is 19.2 Å². The molecule has 0 bridgehead atoms. The molecule has 1 aromatic rings. The van der Waals surface area contributed by atoms with Crippen molar-refractivity contribution < 1.29 is 19.2 Å². The van der Waals surface area contributed by atoms with Crippen molar-refractivity contribution in [1.29, 1.82) is 0 Å². The Hall–Kier alpha value is -2.70. The number of carbonyl (C=O) groups is 4. The molecule has 0 radical (unpaired) electrons. The Morgan fingerprint density at radius 2 is 1.96 bits per heavy atom. The van der Waals surface area contributed by atoms with Gasteiger partial charge in [-0.25, -0.2) is 4.79 Å². The van der Waals surface area contributed by atoms with Crippen LogP contribution in [0.3, 0.4) is 0 Å². The number of nitrogens with one attached hydrogen (secondary N) is 2. The number of benzene rings is 1. The number of hydrogen-bond acceptors (Lipinski definition) is 4. The molecule has 0 aromatic heterocycles. The fourth-order valence-electron chi connectivity index (χ4n) is 2.80. The SMILES string of the molecule is CC(=O)c1cccc(NC(=O)CN2C(=O)N[C@](C)(CCC(C)C)C2=O)c1. The second-order valence-corrected chi connectivity index (χ2v) is 7.27. The number of rotatable bonds is 7. The molecular formula is C19H25N3O4. The highest BCUT2D eigenvalue weighted by Gasteiger charge is 2.47. The average Bonchev–Trinajstić information content (AvgIpc) is 2.77. The summed E-state index contributed by atoms with van der Waals surface area (Å²) in [5.74, 6) is -0.600. The van der Waals surface area contributed by atoms with Gasteiger partial charge in [0.05, 0.1) is 0 Å². The Morgan fingerprint density at radius 1 is 1.27 bits per heavy atom. The third-order valence-electron chi connectivity index (χ3n) is 4.42. The zero-order valence-corrected chi connectivity index (χ0v) is 15.6. The Labute approximate surface area is 153 Å². The molecule has 140 valence electrons. The molecule has 1 aromatic carbocycles. The van der Waals surface area contributed by atoms with Gasteiger partial charge in [0.2, 0.25) is 5.91 Å². The molecule has 0 saturated carbocycles. The molecular weight excluding hydrogens is 334 g/mol. The molecule has 1 fully saturated rings. The number of amides is 4. The van der Waals surface area contributed by atoms with Crippen LogP contribution in [0.2, 0.25) is 0 Å². The molecule has 7 nitrogen and oxygen atoms in total. The minimum Gasteiger partial charge on any atom is -0.325 e. The Morgan fingerprint density at radius 3 is 2.58 bits per heavy atom. The first kappa shape index (κ1) is 19.6. The van der Waals surface area contributed by atoms with E-state index < -0.39 is 23.4 Å². The van der Waals surface area contributed by atoms with Crippen LogP contribution in [0.15, 0.2) is 24.3 Å². The molecule has 1 aliphatic rings. The van der Waals surface area contributed by atoms with Gasteiger partial charge in [0.25, 0.3) is 5.91 Å². The largest absolute Gasteiger partial charge is 0.325 e. The second-order valence-electron chi connectivity index (χ2n) is 7.27. The zero-order valence-electron chi connectivity index (χ0n) is 15.6. The Balaban J connectivity index is 2.02. The lowest BCUT2D eigenvalue weighted by Crippen LogP contribution is -2.44. The van der Waals surface area contributed by atoms with Crippen LogP contribution < -0.4 is 10.6 Å².